The van der Waals surface area contributed by atoms with E-state index in [1.165, 1.54) is 11.3 Å². The molecule has 0 atom stereocenters. The number of halogens is 3. The number of aromatic nitrogens is 6. The van der Waals surface area contributed by atoms with Crippen LogP contribution in [0.4, 0.5) is 19.0 Å². The van der Waals surface area contributed by atoms with Gasteiger partial charge in [-0.2, -0.15) is 13.2 Å². The Labute approximate surface area is 183 Å². The molecule has 11 heteroatoms. The maximum Gasteiger partial charge on any atom is 0.451 e. The lowest BCUT2D eigenvalue weighted by Crippen LogP contribution is -2.13. The molecule has 0 unspecified atom stereocenters. The zero-order chi connectivity index (χ0) is 22.1. The molecule has 5 rings (SSSR count). The van der Waals surface area contributed by atoms with E-state index in [4.69, 9.17) is 0 Å². The number of benzene rings is 2. The van der Waals surface area contributed by atoms with E-state index in [9.17, 15) is 13.2 Å². The second-order valence-electron chi connectivity index (χ2n) is 6.87. The first-order valence-corrected chi connectivity index (χ1v) is 10.4. The topological polar surface area (TPSA) is 92.3 Å². The first kappa shape index (κ1) is 20.1. The van der Waals surface area contributed by atoms with Gasteiger partial charge in [-0.25, -0.2) is 15.1 Å². The van der Waals surface area contributed by atoms with Crippen molar-refractivity contribution in [2.24, 2.45) is 0 Å². The largest absolute Gasteiger partial charge is 0.451 e. The fourth-order valence-electron chi connectivity index (χ4n) is 3.31. The van der Waals surface area contributed by atoms with Crippen LogP contribution in [0.1, 0.15) is 11.4 Å². The number of tetrazole rings is 1. The average molecular weight is 453 g/mol. The second kappa shape index (κ2) is 8.00. The minimum absolute atomic E-state index is 0.171. The maximum absolute atomic E-state index is 13.1. The van der Waals surface area contributed by atoms with Crippen LogP contribution in [0.15, 0.2) is 60.0 Å². The Morgan fingerprint density at radius 1 is 0.938 bits per heavy atom. The highest BCUT2D eigenvalue weighted by atomic mass is 32.1. The lowest BCUT2D eigenvalue weighted by molar-refractivity contribution is -0.144. The zero-order valence-corrected chi connectivity index (χ0v) is 17.1. The zero-order valence-electron chi connectivity index (χ0n) is 16.3. The van der Waals surface area contributed by atoms with Crippen LogP contribution in [0, 0.1) is 0 Å². The molecule has 2 N–H and O–H groups in total. The van der Waals surface area contributed by atoms with Crippen LogP contribution in [0.5, 0.6) is 0 Å². The smallest absolute Gasteiger partial charge is 0.365 e. The van der Waals surface area contributed by atoms with Crippen molar-refractivity contribution in [2.45, 2.75) is 12.7 Å². The maximum atomic E-state index is 13.1. The number of alkyl halides is 3. The molecular formula is C21H14F3N7S. The molecule has 32 heavy (non-hydrogen) atoms. The molecule has 0 aliphatic rings. The van der Waals surface area contributed by atoms with Gasteiger partial charge in [-0.15, -0.1) is 16.4 Å². The predicted octanol–water partition coefficient (Wildman–Crippen LogP) is 5.17. The summed E-state index contributed by atoms with van der Waals surface area (Å²) < 4.78 is 40.0. The van der Waals surface area contributed by atoms with Gasteiger partial charge in [0.05, 0.1) is 10.2 Å². The number of rotatable bonds is 5. The predicted molar refractivity (Wildman–Crippen MR) is 115 cm³/mol. The number of hydrogen-bond donors (Lipinski definition) is 2. The summed E-state index contributed by atoms with van der Waals surface area (Å²) in [6, 6.07) is 17.0. The summed E-state index contributed by atoms with van der Waals surface area (Å²) in [5.41, 5.74) is 3.95. The number of fused-ring (bicyclic) bond motifs is 1. The monoisotopic (exact) mass is 453 g/mol. The van der Waals surface area contributed by atoms with Gasteiger partial charge in [0.1, 0.15) is 5.82 Å². The molecule has 7 nitrogen and oxygen atoms in total. The first-order chi connectivity index (χ1) is 15.5. The Morgan fingerprint density at radius 3 is 2.44 bits per heavy atom. The third-order valence-electron chi connectivity index (χ3n) is 4.81. The van der Waals surface area contributed by atoms with Gasteiger partial charge in [0, 0.05) is 12.1 Å². The van der Waals surface area contributed by atoms with Crippen LogP contribution in [0.2, 0.25) is 0 Å². The van der Waals surface area contributed by atoms with Gasteiger partial charge in [0.2, 0.25) is 5.82 Å². The second-order valence-corrected chi connectivity index (χ2v) is 7.79. The molecule has 0 amide bonds. The van der Waals surface area contributed by atoms with Crippen LogP contribution >= 0.6 is 11.3 Å². The van der Waals surface area contributed by atoms with Crippen molar-refractivity contribution in [3.05, 3.63) is 71.4 Å². The molecular weight excluding hydrogens is 439 g/mol. The average Bonchev–Trinajstić information content (AvgIpc) is 3.49. The molecule has 2 aromatic carbocycles. The van der Waals surface area contributed by atoms with Crippen molar-refractivity contribution in [2.75, 3.05) is 5.32 Å². The van der Waals surface area contributed by atoms with Gasteiger partial charge < -0.3 is 5.32 Å². The highest BCUT2D eigenvalue weighted by molar-refractivity contribution is 7.17. The highest BCUT2D eigenvalue weighted by Crippen LogP contribution is 2.33. The normalized spacial score (nSPS) is 11.7. The van der Waals surface area contributed by atoms with Crippen molar-refractivity contribution in [3.8, 4) is 22.5 Å². The Bertz CT molecular complexity index is 1360. The molecule has 5 aromatic rings. The summed E-state index contributed by atoms with van der Waals surface area (Å²) in [4.78, 5) is 7.32. The lowest BCUT2D eigenvalue weighted by Gasteiger charge is -2.11. The number of nitrogens with one attached hydrogen (secondary N) is 2. The van der Waals surface area contributed by atoms with Gasteiger partial charge in [-0.3, -0.25) is 0 Å². The van der Waals surface area contributed by atoms with E-state index in [1.807, 2.05) is 48.5 Å². The number of nitrogens with zero attached hydrogens (tertiary/aromatic N) is 5. The van der Waals surface area contributed by atoms with Crippen molar-refractivity contribution in [1.82, 2.24) is 30.6 Å². The molecule has 160 valence electrons. The fourth-order valence-corrected chi connectivity index (χ4v) is 4.11. The Morgan fingerprint density at radius 2 is 1.72 bits per heavy atom. The Balaban J connectivity index is 1.39. The molecule has 0 aliphatic carbocycles. The quantitative estimate of drug-likeness (QED) is 0.382. The Hall–Kier alpha value is -3.86. The standard InChI is InChI=1S/C21H14F3N7S/c22-21(23,24)20-26-16-9-10-32-17(16)19(27-20)25-11-12-5-7-13(8-6-12)14-3-1-2-4-15(14)18-28-30-31-29-18/h1-10H,11H2,(H,25,26,27)(H,28,29,30,31). The number of H-pyrrole nitrogens is 1. The minimum atomic E-state index is -4.61. The molecule has 3 aromatic heterocycles. The molecule has 0 saturated heterocycles. The first-order valence-electron chi connectivity index (χ1n) is 9.48. The summed E-state index contributed by atoms with van der Waals surface area (Å²) in [6.45, 7) is 0.315. The number of anilines is 1. The van der Waals surface area contributed by atoms with Crippen molar-refractivity contribution >= 4 is 27.4 Å². The van der Waals surface area contributed by atoms with Crippen molar-refractivity contribution in [3.63, 3.8) is 0 Å². The molecule has 0 saturated carbocycles. The van der Waals surface area contributed by atoms with Crippen molar-refractivity contribution < 1.29 is 13.2 Å². The van der Waals surface area contributed by atoms with E-state index in [1.54, 1.807) is 11.4 Å². The molecule has 0 spiro atoms. The van der Waals surface area contributed by atoms with E-state index in [0.717, 1.165) is 22.3 Å². The van der Waals surface area contributed by atoms with Crippen LogP contribution in [-0.2, 0) is 12.7 Å². The van der Waals surface area contributed by atoms with Crippen LogP contribution in [0.25, 0.3) is 32.7 Å². The van der Waals surface area contributed by atoms with Crippen LogP contribution in [-0.4, -0.2) is 30.6 Å². The summed E-state index contributed by atoms with van der Waals surface area (Å²) in [5, 5.41) is 18.7. The van der Waals surface area contributed by atoms with E-state index in [-0.39, 0.29) is 11.3 Å². The number of thiophene rings is 1. The highest BCUT2D eigenvalue weighted by Gasteiger charge is 2.35. The van der Waals surface area contributed by atoms with E-state index in [0.29, 0.717) is 17.1 Å². The number of hydrogen-bond acceptors (Lipinski definition) is 7. The third-order valence-corrected chi connectivity index (χ3v) is 5.72. The van der Waals surface area contributed by atoms with Crippen LogP contribution in [0.3, 0.4) is 0 Å². The van der Waals surface area contributed by atoms with E-state index in [2.05, 4.69) is 35.9 Å². The summed E-state index contributed by atoms with van der Waals surface area (Å²) in [5.74, 6) is -0.417. The van der Waals surface area contributed by atoms with E-state index < -0.39 is 12.0 Å². The van der Waals surface area contributed by atoms with Gasteiger partial charge in [0.15, 0.2) is 5.82 Å². The van der Waals surface area contributed by atoms with Gasteiger partial charge in [-0.1, -0.05) is 48.5 Å². The fraction of sp³-hybridized carbons (Fsp3) is 0.0952. The summed E-state index contributed by atoms with van der Waals surface area (Å²) in [7, 11) is 0. The van der Waals surface area contributed by atoms with E-state index >= 15 is 0 Å². The molecule has 0 aliphatic heterocycles. The Kier molecular flexibility index (Phi) is 5.02. The molecule has 3 heterocycles. The molecule has 0 fully saturated rings. The molecule has 0 bridgehead atoms. The summed E-state index contributed by atoms with van der Waals surface area (Å²) >= 11 is 1.29. The minimum Gasteiger partial charge on any atom is -0.365 e. The summed E-state index contributed by atoms with van der Waals surface area (Å²) in [6.07, 6.45) is -4.61. The van der Waals surface area contributed by atoms with Crippen molar-refractivity contribution in [1.29, 1.82) is 0 Å². The van der Waals surface area contributed by atoms with Gasteiger partial charge >= 0.3 is 6.18 Å². The van der Waals surface area contributed by atoms with Crippen LogP contribution < -0.4 is 5.32 Å². The lowest BCUT2D eigenvalue weighted by atomic mass is 9.98. The SMILES string of the molecule is FC(F)(F)c1nc(NCc2ccc(-c3ccccc3-c3nnn[nH]3)cc2)c2sccc2n1. The molecule has 0 radical (unpaired) electrons. The van der Waals surface area contributed by atoms with Gasteiger partial charge in [-0.05, 0) is 38.6 Å². The third kappa shape index (κ3) is 3.89. The number of aromatic amines is 1. The van der Waals surface area contributed by atoms with Gasteiger partial charge in [0.25, 0.3) is 0 Å².